The number of hydrogen-bond donors (Lipinski definition) is 0. The molecule has 0 radical (unpaired) electrons. The maximum Gasteiger partial charge on any atom is 0.142 e. The lowest BCUT2D eigenvalue weighted by Crippen LogP contribution is -1.84. The fourth-order valence-corrected chi connectivity index (χ4v) is 3.15. The van der Waals surface area contributed by atoms with Crippen molar-refractivity contribution in [2.45, 2.75) is 0 Å². The van der Waals surface area contributed by atoms with Gasteiger partial charge in [-0.3, -0.25) is 14.6 Å². The zero-order chi connectivity index (χ0) is 15.1. The van der Waals surface area contributed by atoms with E-state index in [1.54, 1.807) is 23.3 Å². The van der Waals surface area contributed by atoms with Crippen molar-refractivity contribution in [3.8, 4) is 21.8 Å². The van der Waals surface area contributed by atoms with E-state index in [-0.39, 0.29) is 5.82 Å². The van der Waals surface area contributed by atoms with Crippen LogP contribution in [0.3, 0.4) is 0 Å². The van der Waals surface area contributed by atoms with Gasteiger partial charge in [0.1, 0.15) is 16.3 Å². The van der Waals surface area contributed by atoms with Crippen LogP contribution in [0.1, 0.15) is 0 Å². The first-order valence-corrected chi connectivity index (χ1v) is 7.37. The van der Waals surface area contributed by atoms with E-state index in [0.29, 0.717) is 5.56 Å². The normalized spacial score (nSPS) is 11.2. The summed E-state index contributed by atoms with van der Waals surface area (Å²) in [5.74, 6) is -0.370. The van der Waals surface area contributed by atoms with Crippen LogP contribution >= 0.6 is 11.3 Å². The van der Waals surface area contributed by atoms with Gasteiger partial charge in [-0.2, -0.15) is 5.10 Å². The van der Waals surface area contributed by atoms with Gasteiger partial charge >= 0.3 is 0 Å². The van der Waals surface area contributed by atoms with Gasteiger partial charge in [0.05, 0.1) is 29.0 Å². The van der Waals surface area contributed by atoms with E-state index in [4.69, 9.17) is 0 Å². The number of halogens is 1. The fraction of sp³-hybridized carbons (Fsp3) is 0.0667. The molecule has 0 atom stereocenters. The molecule has 0 spiro atoms. The van der Waals surface area contributed by atoms with Gasteiger partial charge in [0, 0.05) is 30.6 Å². The van der Waals surface area contributed by atoms with Crippen molar-refractivity contribution in [3.63, 3.8) is 0 Å². The first kappa shape index (κ1) is 13.0. The van der Waals surface area contributed by atoms with E-state index in [1.165, 1.54) is 23.6 Å². The van der Waals surface area contributed by atoms with Crippen LogP contribution < -0.4 is 0 Å². The van der Waals surface area contributed by atoms with Crippen LogP contribution in [-0.2, 0) is 7.05 Å². The van der Waals surface area contributed by atoms with Crippen LogP contribution in [0.5, 0.6) is 0 Å². The summed E-state index contributed by atoms with van der Waals surface area (Å²) < 4.78 is 16.0. The van der Waals surface area contributed by atoms with E-state index in [9.17, 15) is 4.39 Å². The van der Waals surface area contributed by atoms with Gasteiger partial charge in [0.25, 0.3) is 0 Å². The van der Waals surface area contributed by atoms with Crippen LogP contribution in [0, 0.1) is 5.82 Å². The third-order valence-corrected chi connectivity index (χ3v) is 4.29. The van der Waals surface area contributed by atoms with E-state index in [2.05, 4.69) is 20.1 Å². The average molecular weight is 311 g/mol. The molecule has 0 unspecified atom stereocenters. The molecule has 4 heterocycles. The topological polar surface area (TPSA) is 56.5 Å². The van der Waals surface area contributed by atoms with Crippen LogP contribution in [-0.4, -0.2) is 24.7 Å². The monoisotopic (exact) mass is 311 g/mol. The molecule has 7 heteroatoms. The van der Waals surface area contributed by atoms with Crippen LogP contribution in [0.4, 0.5) is 4.39 Å². The molecule has 0 aliphatic rings. The van der Waals surface area contributed by atoms with Crippen molar-refractivity contribution in [2.75, 3.05) is 0 Å². The molecular weight excluding hydrogens is 301 g/mol. The maximum atomic E-state index is 13.3. The van der Waals surface area contributed by atoms with Crippen molar-refractivity contribution >= 4 is 21.6 Å². The molecule has 4 rings (SSSR count). The highest BCUT2D eigenvalue weighted by atomic mass is 32.1. The van der Waals surface area contributed by atoms with Gasteiger partial charge in [-0.25, -0.2) is 9.37 Å². The Morgan fingerprint density at radius 3 is 2.77 bits per heavy atom. The van der Waals surface area contributed by atoms with E-state index < -0.39 is 0 Å². The molecule has 0 N–H and O–H groups in total. The lowest BCUT2D eigenvalue weighted by Gasteiger charge is -1.94. The van der Waals surface area contributed by atoms with Crippen LogP contribution in [0.15, 0.2) is 43.1 Å². The zero-order valence-corrected chi connectivity index (χ0v) is 12.4. The van der Waals surface area contributed by atoms with Crippen molar-refractivity contribution < 1.29 is 4.39 Å². The number of aromatic nitrogens is 5. The SMILES string of the molecule is Cn1cc(-c2cc3sc(-c4cncc(F)c4)nc3cn2)cn1. The number of hydrogen-bond acceptors (Lipinski definition) is 5. The van der Waals surface area contributed by atoms with E-state index >= 15 is 0 Å². The average Bonchev–Trinajstić information content (AvgIpc) is 3.12. The maximum absolute atomic E-state index is 13.3. The third-order valence-electron chi connectivity index (χ3n) is 3.23. The minimum atomic E-state index is -0.370. The first-order valence-electron chi connectivity index (χ1n) is 6.55. The second-order valence-electron chi connectivity index (χ2n) is 4.85. The minimum Gasteiger partial charge on any atom is -0.275 e. The Labute approximate surface area is 129 Å². The minimum absolute atomic E-state index is 0.370. The molecule has 0 saturated heterocycles. The lowest BCUT2D eigenvalue weighted by atomic mass is 10.2. The number of pyridine rings is 2. The summed E-state index contributed by atoms with van der Waals surface area (Å²) in [6, 6.07) is 3.40. The van der Waals surface area contributed by atoms with E-state index in [1.807, 2.05) is 19.3 Å². The van der Waals surface area contributed by atoms with Crippen molar-refractivity contribution in [1.82, 2.24) is 24.7 Å². The number of nitrogens with zero attached hydrogens (tertiary/aromatic N) is 5. The standard InChI is InChI=1S/C15H10FN5S/c1-21-8-10(5-19-21)12-3-14-13(7-18-12)20-15(22-14)9-2-11(16)6-17-4-9/h2-8H,1H3. The van der Waals surface area contributed by atoms with Gasteiger partial charge in [-0.1, -0.05) is 0 Å². The molecule has 0 saturated carbocycles. The quantitative estimate of drug-likeness (QED) is 0.570. The van der Waals surface area contributed by atoms with Gasteiger partial charge in [-0.15, -0.1) is 11.3 Å². The third kappa shape index (κ3) is 2.25. The summed E-state index contributed by atoms with van der Waals surface area (Å²) in [6.45, 7) is 0. The van der Waals surface area contributed by atoms with Crippen molar-refractivity contribution in [3.05, 3.63) is 48.9 Å². The molecule has 0 aliphatic heterocycles. The molecular formula is C15H10FN5S. The number of fused-ring (bicyclic) bond motifs is 1. The summed E-state index contributed by atoms with van der Waals surface area (Å²) in [4.78, 5) is 12.8. The van der Waals surface area contributed by atoms with Crippen molar-refractivity contribution in [1.29, 1.82) is 0 Å². The van der Waals surface area contributed by atoms with E-state index in [0.717, 1.165) is 26.5 Å². The molecule has 4 aromatic heterocycles. The predicted octanol–water partition coefficient (Wildman–Crippen LogP) is 3.29. The Hall–Kier alpha value is -2.67. The molecule has 108 valence electrons. The molecule has 0 bridgehead atoms. The molecule has 22 heavy (non-hydrogen) atoms. The molecule has 5 nitrogen and oxygen atoms in total. The highest BCUT2D eigenvalue weighted by molar-refractivity contribution is 7.21. The Kier molecular flexibility index (Phi) is 2.93. The van der Waals surface area contributed by atoms with Gasteiger partial charge in [0.2, 0.25) is 0 Å². The smallest absolute Gasteiger partial charge is 0.142 e. The number of thiazole rings is 1. The molecule has 0 aliphatic carbocycles. The summed E-state index contributed by atoms with van der Waals surface area (Å²) in [6.07, 6.45) is 8.19. The largest absolute Gasteiger partial charge is 0.275 e. The Balaban J connectivity index is 1.81. The highest BCUT2D eigenvalue weighted by Crippen LogP contribution is 2.31. The Morgan fingerprint density at radius 2 is 2.00 bits per heavy atom. The zero-order valence-electron chi connectivity index (χ0n) is 11.6. The van der Waals surface area contributed by atoms with Crippen LogP contribution in [0.25, 0.3) is 32.0 Å². The highest BCUT2D eigenvalue weighted by Gasteiger charge is 2.10. The van der Waals surface area contributed by atoms with Gasteiger partial charge in [0.15, 0.2) is 0 Å². The molecule has 0 fully saturated rings. The lowest BCUT2D eigenvalue weighted by molar-refractivity contribution is 0.622. The Morgan fingerprint density at radius 1 is 1.09 bits per heavy atom. The predicted molar refractivity (Wildman–Crippen MR) is 82.8 cm³/mol. The molecule has 4 aromatic rings. The van der Waals surface area contributed by atoms with Gasteiger partial charge < -0.3 is 0 Å². The van der Waals surface area contributed by atoms with Crippen molar-refractivity contribution in [2.24, 2.45) is 7.05 Å². The second-order valence-corrected chi connectivity index (χ2v) is 5.88. The summed E-state index contributed by atoms with van der Waals surface area (Å²) in [5, 5.41) is 4.88. The van der Waals surface area contributed by atoms with Crippen LogP contribution in [0.2, 0.25) is 0 Å². The van der Waals surface area contributed by atoms with Gasteiger partial charge in [-0.05, 0) is 12.1 Å². The fourth-order valence-electron chi connectivity index (χ4n) is 2.20. The summed E-state index contributed by atoms with van der Waals surface area (Å²) in [7, 11) is 1.86. The summed E-state index contributed by atoms with van der Waals surface area (Å²) in [5.41, 5.74) is 3.25. The molecule has 0 aromatic carbocycles. The number of rotatable bonds is 2. The summed E-state index contributed by atoms with van der Waals surface area (Å²) >= 11 is 1.49. The first-order chi connectivity index (χ1) is 10.7. The number of aryl methyl sites for hydroxylation is 1. The Bertz CT molecular complexity index is 975. The molecule has 0 amide bonds. The second kappa shape index (κ2) is 4.96.